The maximum Gasteiger partial charge on any atom is 0.331 e. The van der Waals surface area contributed by atoms with Crippen LogP contribution in [0.4, 0.5) is 0 Å². The minimum atomic E-state index is -0.613. The predicted octanol–water partition coefficient (Wildman–Crippen LogP) is 4.68. The number of cyclic esters (lactones) is 2. The fourth-order valence-electron chi connectivity index (χ4n) is 9.04. The van der Waals surface area contributed by atoms with Crippen molar-refractivity contribution in [3.8, 4) is 0 Å². The standard InChI is InChI=1S/C31H42N2O7/c1-28(2)21-14-23(32-38-12-7-11-33(5)6)30(4)20(31(21)18-37-25(34)16-24(31)40-28)8-10-29(3)22(30)15-26(35)39-27(29)19-9-13-36-17-19/h9,13,15,17,20-21,24,27H,7-8,10-12,14,16,18H2,1-6H3/b32-23-/t20-,21-,24-,27-,29+,30+,31+/m0/s1. The van der Waals surface area contributed by atoms with Gasteiger partial charge in [-0.2, -0.15) is 0 Å². The Hall–Kier alpha value is -2.65. The summed E-state index contributed by atoms with van der Waals surface area (Å²) in [5.74, 6) is -0.442. The summed E-state index contributed by atoms with van der Waals surface area (Å²) in [6.45, 7) is 10.4. The number of oxime groups is 1. The van der Waals surface area contributed by atoms with Gasteiger partial charge in [-0.3, -0.25) is 4.79 Å². The summed E-state index contributed by atoms with van der Waals surface area (Å²) in [7, 11) is 4.09. The average Bonchev–Trinajstić information content (AvgIpc) is 3.48. The van der Waals surface area contributed by atoms with Crippen molar-refractivity contribution in [3.05, 3.63) is 35.8 Å². The quantitative estimate of drug-likeness (QED) is 0.284. The molecule has 4 fully saturated rings. The summed E-state index contributed by atoms with van der Waals surface area (Å²) in [6, 6.07) is 1.88. The summed E-state index contributed by atoms with van der Waals surface area (Å²) in [5.41, 5.74) is 0.874. The molecule has 40 heavy (non-hydrogen) atoms. The number of carbonyl (C=O) groups is 2. The smallest absolute Gasteiger partial charge is 0.331 e. The van der Waals surface area contributed by atoms with E-state index in [2.05, 4.69) is 32.6 Å². The second-order valence-corrected chi connectivity index (χ2v) is 13.6. The van der Waals surface area contributed by atoms with E-state index in [9.17, 15) is 9.59 Å². The third-order valence-electron chi connectivity index (χ3n) is 10.8. The van der Waals surface area contributed by atoms with Gasteiger partial charge in [0.15, 0.2) is 0 Å². The molecular weight excluding hydrogens is 512 g/mol. The van der Waals surface area contributed by atoms with E-state index in [4.69, 9.17) is 28.6 Å². The predicted molar refractivity (Wildman–Crippen MR) is 146 cm³/mol. The van der Waals surface area contributed by atoms with Gasteiger partial charge in [0, 0.05) is 40.3 Å². The third kappa shape index (κ3) is 3.91. The fourth-order valence-corrected chi connectivity index (χ4v) is 9.04. The lowest BCUT2D eigenvalue weighted by Gasteiger charge is -2.64. The lowest BCUT2D eigenvalue weighted by Crippen LogP contribution is -2.66. The largest absolute Gasteiger partial charge is 0.472 e. The highest BCUT2D eigenvalue weighted by molar-refractivity contribution is 5.97. The molecule has 5 aliphatic rings. The molecule has 0 amide bonds. The van der Waals surface area contributed by atoms with Crippen LogP contribution in [0.2, 0.25) is 0 Å². The van der Waals surface area contributed by atoms with Crippen molar-refractivity contribution in [3.63, 3.8) is 0 Å². The normalized spacial score (nSPS) is 40.9. The lowest BCUT2D eigenvalue weighted by molar-refractivity contribution is -0.181. The van der Waals surface area contributed by atoms with Crippen LogP contribution in [0.25, 0.3) is 0 Å². The number of carbonyl (C=O) groups excluding carboxylic acids is 2. The van der Waals surface area contributed by atoms with Crippen molar-refractivity contribution in [2.45, 2.75) is 77.6 Å². The summed E-state index contributed by atoms with van der Waals surface area (Å²) in [6.07, 6.45) is 7.67. The topological polar surface area (TPSA) is 99.8 Å². The molecule has 9 heteroatoms. The van der Waals surface area contributed by atoms with Crippen molar-refractivity contribution in [2.75, 3.05) is 33.9 Å². The summed E-state index contributed by atoms with van der Waals surface area (Å²) >= 11 is 0. The van der Waals surface area contributed by atoms with E-state index in [1.54, 1.807) is 18.6 Å². The minimum Gasteiger partial charge on any atom is -0.472 e. The zero-order valence-electron chi connectivity index (χ0n) is 24.5. The molecule has 0 radical (unpaired) electrons. The van der Waals surface area contributed by atoms with Crippen LogP contribution < -0.4 is 0 Å². The molecule has 3 aliphatic heterocycles. The summed E-state index contributed by atoms with van der Waals surface area (Å²) < 4.78 is 24.0. The van der Waals surface area contributed by atoms with Crippen LogP contribution >= 0.6 is 0 Å². The second kappa shape index (κ2) is 9.44. The highest BCUT2D eigenvalue weighted by atomic mass is 16.6. The van der Waals surface area contributed by atoms with Gasteiger partial charge in [0.25, 0.3) is 0 Å². The van der Waals surface area contributed by atoms with Crippen LogP contribution in [0, 0.1) is 28.1 Å². The molecule has 6 rings (SSSR count). The first-order valence-corrected chi connectivity index (χ1v) is 14.6. The van der Waals surface area contributed by atoms with E-state index >= 15 is 0 Å². The Labute approximate surface area is 236 Å². The van der Waals surface area contributed by atoms with Crippen molar-refractivity contribution in [2.24, 2.45) is 33.2 Å². The maximum atomic E-state index is 13.2. The monoisotopic (exact) mass is 554 g/mol. The van der Waals surface area contributed by atoms with Gasteiger partial charge in [0.2, 0.25) is 0 Å². The van der Waals surface area contributed by atoms with Gasteiger partial charge < -0.3 is 28.4 Å². The van der Waals surface area contributed by atoms with E-state index in [-0.39, 0.29) is 41.7 Å². The summed E-state index contributed by atoms with van der Waals surface area (Å²) in [4.78, 5) is 33.9. The number of ether oxygens (including phenoxy) is 3. The van der Waals surface area contributed by atoms with E-state index in [0.717, 1.165) is 42.7 Å². The molecule has 4 heterocycles. The molecule has 0 unspecified atom stereocenters. The van der Waals surface area contributed by atoms with Crippen LogP contribution in [0.1, 0.15) is 71.5 Å². The van der Waals surface area contributed by atoms with Crippen molar-refractivity contribution in [1.82, 2.24) is 4.90 Å². The zero-order chi connectivity index (χ0) is 28.5. The number of hydrogen-bond acceptors (Lipinski definition) is 9. The van der Waals surface area contributed by atoms with E-state index in [1.807, 2.05) is 20.2 Å². The molecule has 1 spiro atoms. The zero-order valence-corrected chi connectivity index (χ0v) is 24.5. The molecule has 2 saturated heterocycles. The van der Waals surface area contributed by atoms with Gasteiger partial charge in [-0.25, -0.2) is 4.79 Å². The van der Waals surface area contributed by atoms with E-state index < -0.39 is 22.5 Å². The molecule has 2 aliphatic carbocycles. The SMILES string of the molecule is CN(C)CCCO/N=C1/C[C@H]2C(C)(C)O[C@H]3CC(=O)OC[C@]32[C@H]2CC[C@]3(C)C(=CC(=O)O[C@H]3c3ccoc3)[C@]12C. The minimum absolute atomic E-state index is 0.0398. The van der Waals surface area contributed by atoms with Crippen LogP contribution in [-0.2, 0) is 28.6 Å². The van der Waals surface area contributed by atoms with Gasteiger partial charge in [-0.1, -0.05) is 19.0 Å². The molecule has 7 atom stereocenters. The van der Waals surface area contributed by atoms with Crippen LogP contribution in [0.5, 0.6) is 0 Å². The van der Waals surface area contributed by atoms with Crippen LogP contribution in [0.15, 0.2) is 39.8 Å². The molecule has 9 nitrogen and oxygen atoms in total. The number of fused-ring (bicyclic) bond motifs is 3. The van der Waals surface area contributed by atoms with E-state index in [1.165, 1.54) is 0 Å². The first-order chi connectivity index (χ1) is 18.9. The van der Waals surface area contributed by atoms with Gasteiger partial charge >= 0.3 is 11.9 Å². The van der Waals surface area contributed by atoms with Crippen molar-refractivity contribution < 1.29 is 33.1 Å². The molecule has 218 valence electrons. The van der Waals surface area contributed by atoms with Gasteiger partial charge in [-0.15, -0.1) is 0 Å². The van der Waals surface area contributed by atoms with Gasteiger partial charge in [-0.05, 0) is 71.2 Å². The lowest BCUT2D eigenvalue weighted by atomic mass is 9.39. The molecule has 0 bridgehead atoms. The van der Waals surface area contributed by atoms with Gasteiger partial charge in [0.05, 0.1) is 36.4 Å². The Bertz CT molecular complexity index is 1240. The Morgan fingerprint density at radius 2 is 1.93 bits per heavy atom. The fraction of sp³-hybridized carbons (Fsp3) is 0.710. The number of hydrogen-bond donors (Lipinski definition) is 0. The molecule has 2 saturated carbocycles. The number of rotatable bonds is 6. The Kier molecular flexibility index (Phi) is 6.50. The maximum absolute atomic E-state index is 13.2. The van der Waals surface area contributed by atoms with Crippen LogP contribution in [-0.4, -0.2) is 68.1 Å². The first-order valence-electron chi connectivity index (χ1n) is 14.6. The van der Waals surface area contributed by atoms with Crippen molar-refractivity contribution >= 4 is 17.7 Å². The van der Waals surface area contributed by atoms with E-state index in [0.29, 0.717) is 19.6 Å². The Balaban J connectivity index is 1.47. The number of nitrogens with zero attached hydrogens (tertiary/aromatic N) is 2. The second-order valence-electron chi connectivity index (χ2n) is 13.6. The molecule has 1 aromatic rings. The van der Waals surface area contributed by atoms with Crippen molar-refractivity contribution in [1.29, 1.82) is 0 Å². The number of furan rings is 1. The average molecular weight is 555 g/mol. The summed E-state index contributed by atoms with van der Waals surface area (Å²) in [5, 5.41) is 4.87. The molecular formula is C31H42N2O7. The third-order valence-corrected chi connectivity index (χ3v) is 10.8. The Morgan fingerprint density at radius 3 is 2.65 bits per heavy atom. The highest BCUT2D eigenvalue weighted by Gasteiger charge is 2.74. The molecule has 1 aromatic heterocycles. The van der Waals surface area contributed by atoms with Gasteiger partial charge in [0.1, 0.15) is 19.3 Å². The molecule has 0 N–H and O–H groups in total. The highest BCUT2D eigenvalue weighted by Crippen LogP contribution is 2.72. The first kappa shape index (κ1) is 27.5. The van der Waals surface area contributed by atoms with Crippen LogP contribution in [0.3, 0.4) is 0 Å². The Morgan fingerprint density at radius 1 is 1.12 bits per heavy atom. The molecule has 0 aromatic carbocycles. The number of esters is 2.